The Balaban J connectivity index is 2.13. The summed E-state index contributed by atoms with van der Waals surface area (Å²) in [6.45, 7) is 6.28. The van der Waals surface area contributed by atoms with E-state index >= 15 is 0 Å². The highest BCUT2D eigenvalue weighted by Gasteiger charge is 2.33. The number of hydrogen-bond donors (Lipinski definition) is 0. The van der Waals surface area contributed by atoms with Crippen molar-refractivity contribution in [2.45, 2.75) is 32.1 Å². The summed E-state index contributed by atoms with van der Waals surface area (Å²) in [5, 5.41) is 0.785. The fourth-order valence-electron chi connectivity index (χ4n) is 2.69. The summed E-state index contributed by atoms with van der Waals surface area (Å²) in [5.74, 6) is 0.0294. The fraction of sp³-hybridized carbons (Fsp3) is 0.600. The van der Waals surface area contributed by atoms with Gasteiger partial charge in [0.15, 0.2) is 11.6 Å². The molecular formula is C15H21BrFNO2. The van der Waals surface area contributed by atoms with Crippen LogP contribution < -0.4 is 4.74 Å². The zero-order chi connectivity index (χ0) is 14.8. The zero-order valence-corrected chi connectivity index (χ0v) is 13.7. The summed E-state index contributed by atoms with van der Waals surface area (Å²) in [4.78, 5) is 2.23. The Morgan fingerprint density at radius 3 is 2.90 bits per heavy atom. The van der Waals surface area contributed by atoms with Crippen LogP contribution in [0.25, 0.3) is 0 Å². The van der Waals surface area contributed by atoms with Crippen molar-refractivity contribution in [1.82, 2.24) is 4.90 Å². The normalized spacial score (nSPS) is 22.8. The van der Waals surface area contributed by atoms with Crippen molar-refractivity contribution in [1.29, 1.82) is 0 Å². The van der Waals surface area contributed by atoms with E-state index in [0.717, 1.165) is 18.4 Å². The molecule has 0 aliphatic carbocycles. The van der Waals surface area contributed by atoms with Crippen molar-refractivity contribution in [2.75, 3.05) is 25.5 Å². The van der Waals surface area contributed by atoms with Gasteiger partial charge < -0.3 is 9.47 Å². The summed E-state index contributed by atoms with van der Waals surface area (Å²) in [5.41, 5.74) is 0.446. The second-order valence-electron chi connectivity index (χ2n) is 5.76. The molecule has 0 spiro atoms. The van der Waals surface area contributed by atoms with Crippen molar-refractivity contribution in [3.8, 4) is 5.75 Å². The predicted octanol–water partition coefficient (Wildman–Crippen LogP) is 3.21. The number of alkyl halides is 1. The Morgan fingerprint density at radius 2 is 2.25 bits per heavy atom. The van der Waals surface area contributed by atoms with Crippen LogP contribution in [0.15, 0.2) is 18.2 Å². The molecule has 1 heterocycles. The minimum atomic E-state index is -0.269. The minimum Gasteiger partial charge on any atom is -0.494 e. The zero-order valence-electron chi connectivity index (χ0n) is 12.2. The lowest BCUT2D eigenvalue weighted by Crippen LogP contribution is -2.52. The van der Waals surface area contributed by atoms with Crippen molar-refractivity contribution in [3.05, 3.63) is 29.6 Å². The molecule has 1 fully saturated rings. The van der Waals surface area contributed by atoms with Crippen LogP contribution in [-0.4, -0.2) is 42.1 Å². The standard InChI is InChI=1S/C15H21BrFNO2/c1-15(2)10-18(9-12(7-16)20-15)8-11-5-4-6-13(19-3)14(11)17/h4-6,12H,7-10H2,1-3H3. The van der Waals surface area contributed by atoms with Gasteiger partial charge in [0.05, 0.1) is 18.8 Å². The quantitative estimate of drug-likeness (QED) is 0.782. The third-order valence-corrected chi connectivity index (χ3v) is 4.10. The maximum atomic E-state index is 14.2. The van der Waals surface area contributed by atoms with Crippen LogP contribution in [0.2, 0.25) is 0 Å². The van der Waals surface area contributed by atoms with Gasteiger partial charge in [0, 0.05) is 30.5 Å². The van der Waals surface area contributed by atoms with Crippen LogP contribution >= 0.6 is 15.9 Å². The van der Waals surface area contributed by atoms with Gasteiger partial charge in [0.2, 0.25) is 0 Å². The Kier molecular flexibility index (Phi) is 5.04. The lowest BCUT2D eigenvalue weighted by atomic mass is 10.0. The largest absolute Gasteiger partial charge is 0.494 e. The number of halogens is 2. The average molecular weight is 346 g/mol. The van der Waals surface area contributed by atoms with Gasteiger partial charge >= 0.3 is 0 Å². The summed E-state index contributed by atoms with van der Waals surface area (Å²) in [6.07, 6.45) is 0.132. The molecule has 1 aromatic rings. The van der Waals surface area contributed by atoms with Crippen LogP contribution in [0.3, 0.4) is 0 Å². The number of methoxy groups -OCH3 is 1. The molecule has 1 aliphatic heterocycles. The van der Waals surface area contributed by atoms with Crippen LogP contribution in [0.5, 0.6) is 5.75 Å². The Labute approximate surface area is 128 Å². The van der Waals surface area contributed by atoms with Crippen molar-refractivity contribution < 1.29 is 13.9 Å². The number of ether oxygens (including phenoxy) is 2. The van der Waals surface area contributed by atoms with Crippen LogP contribution in [-0.2, 0) is 11.3 Å². The second kappa shape index (κ2) is 6.41. The average Bonchev–Trinajstić information content (AvgIpc) is 2.39. The SMILES string of the molecule is COc1cccc(CN2CC(CBr)OC(C)(C)C2)c1F. The maximum absolute atomic E-state index is 14.2. The molecule has 112 valence electrons. The summed E-state index contributed by atoms with van der Waals surface area (Å²) in [6, 6.07) is 5.28. The predicted molar refractivity (Wildman–Crippen MR) is 81.0 cm³/mol. The van der Waals surface area contributed by atoms with Crippen LogP contribution in [0.4, 0.5) is 4.39 Å². The number of rotatable bonds is 4. The summed E-state index contributed by atoms with van der Waals surface area (Å²) in [7, 11) is 1.49. The molecule has 0 aromatic heterocycles. The molecular weight excluding hydrogens is 325 g/mol. The van der Waals surface area contributed by atoms with Gasteiger partial charge in [-0.05, 0) is 19.9 Å². The molecule has 1 aliphatic rings. The maximum Gasteiger partial charge on any atom is 0.169 e. The van der Waals surface area contributed by atoms with E-state index in [1.807, 2.05) is 12.1 Å². The summed E-state index contributed by atoms with van der Waals surface area (Å²) < 4.78 is 25.2. The van der Waals surface area contributed by atoms with Gasteiger partial charge in [-0.3, -0.25) is 4.90 Å². The topological polar surface area (TPSA) is 21.7 Å². The summed E-state index contributed by atoms with van der Waals surface area (Å²) >= 11 is 3.47. The highest BCUT2D eigenvalue weighted by Crippen LogP contribution is 2.26. The first-order chi connectivity index (χ1) is 9.45. The van der Waals surface area contributed by atoms with Gasteiger partial charge in [0.1, 0.15) is 0 Å². The highest BCUT2D eigenvalue weighted by molar-refractivity contribution is 9.09. The molecule has 1 saturated heterocycles. The van der Waals surface area contributed by atoms with E-state index < -0.39 is 0 Å². The Morgan fingerprint density at radius 1 is 1.50 bits per heavy atom. The van der Waals surface area contributed by atoms with Gasteiger partial charge in [0.25, 0.3) is 0 Å². The van der Waals surface area contributed by atoms with Gasteiger partial charge in [-0.15, -0.1) is 0 Å². The highest BCUT2D eigenvalue weighted by atomic mass is 79.9. The molecule has 1 atom stereocenters. The molecule has 0 bridgehead atoms. The van der Waals surface area contributed by atoms with E-state index in [4.69, 9.17) is 9.47 Å². The first kappa shape index (κ1) is 15.7. The third kappa shape index (κ3) is 3.71. The third-order valence-electron chi connectivity index (χ3n) is 3.38. The molecule has 0 amide bonds. The van der Waals surface area contributed by atoms with E-state index in [1.165, 1.54) is 7.11 Å². The number of morpholine rings is 1. The van der Waals surface area contributed by atoms with E-state index in [0.29, 0.717) is 17.9 Å². The van der Waals surface area contributed by atoms with Crippen LogP contribution in [0, 0.1) is 5.82 Å². The first-order valence-electron chi connectivity index (χ1n) is 6.72. The molecule has 20 heavy (non-hydrogen) atoms. The lowest BCUT2D eigenvalue weighted by molar-refractivity contribution is -0.128. The van der Waals surface area contributed by atoms with Crippen molar-refractivity contribution in [3.63, 3.8) is 0 Å². The smallest absolute Gasteiger partial charge is 0.169 e. The van der Waals surface area contributed by atoms with Gasteiger partial charge in [-0.25, -0.2) is 4.39 Å². The molecule has 1 aromatic carbocycles. The molecule has 0 radical (unpaired) electrons. The number of benzene rings is 1. The molecule has 5 heteroatoms. The lowest BCUT2D eigenvalue weighted by Gasteiger charge is -2.42. The molecule has 1 unspecified atom stereocenters. The Bertz CT molecular complexity index is 467. The molecule has 0 N–H and O–H groups in total. The first-order valence-corrected chi connectivity index (χ1v) is 7.85. The fourth-order valence-corrected chi connectivity index (χ4v) is 3.03. The molecule has 2 rings (SSSR count). The van der Waals surface area contributed by atoms with Crippen molar-refractivity contribution >= 4 is 15.9 Å². The minimum absolute atomic E-state index is 0.132. The number of nitrogens with zero attached hydrogens (tertiary/aromatic N) is 1. The molecule has 0 saturated carbocycles. The Hall–Kier alpha value is -0.650. The number of hydrogen-bond acceptors (Lipinski definition) is 3. The van der Waals surface area contributed by atoms with E-state index in [9.17, 15) is 4.39 Å². The van der Waals surface area contributed by atoms with E-state index in [2.05, 4.69) is 34.7 Å². The van der Waals surface area contributed by atoms with Gasteiger partial charge in [-0.2, -0.15) is 0 Å². The van der Waals surface area contributed by atoms with Crippen LogP contribution in [0.1, 0.15) is 19.4 Å². The second-order valence-corrected chi connectivity index (χ2v) is 6.40. The van der Waals surface area contributed by atoms with Crippen molar-refractivity contribution in [2.24, 2.45) is 0 Å². The molecule has 3 nitrogen and oxygen atoms in total. The monoisotopic (exact) mass is 345 g/mol. The van der Waals surface area contributed by atoms with E-state index in [1.54, 1.807) is 6.07 Å². The van der Waals surface area contributed by atoms with E-state index in [-0.39, 0.29) is 17.5 Å². The van der Waals surface area contributed by atoms with Gasteiger partial charge in [-0.1, -0.05) is 28.1 Å².